The van der Waals surface area contributed by atoms with Crippen molar-refractivity contribution in [2.45, 2.75) is 0 Å². The zero-order valence-electron chi connectivity index (χ0n) is 5.32. The molecule has 0 aromatic rings. The largest absolute Gasteiger partial charge is 0.480 e. The van der Waals surface area contributed by atoms with Crippen LogP contribution >= 0.6 is 0 Å². The number of hydrogen-bond donors (Lipinski definition) is 2. The molecule has 1 heterocycles. The predicted molar refractivity (Wildman–Crippen MR) is 35.8 cm³/mol. The molecule has 1 rings (SSSR count). The molecule has 0 aromatic carbocycles. The van der Waals surface area contributed by atoms with E-state index in [0.29, 0.717) is 0 Å². The van der Waals surface area contributed by atoms with Crippen LogP contribution in [0.1, 0.15) is 0 Å². The van der Waals surface area contributed by atoms with Crippen LogP contribution in [-0.2, 0) is 4.79 Å². The van der Waals surface area contributed by atoms with E-state index in [1.54, 1.807) is 29.7 Å². The van der Waals surface area contributed by atoms with Crippen molar-refractivity contribution < 1.29 is 9.90 Å². The molecule has 2 N–H and O–H groups in total. The quantitative estimate of drug-likeness (QED) is 0.563. The summed E-state index contributed by atoms with van der Waals surface area (Å²) in [5.74, 6) is -0.837. The summed E-state index contributed by atoms with van der Waals surface area (Å²) in [4.78, 5) is 11.7. The Bertz CT molecular complexity index is 174. The second-order valence-electron chi connectivity index (χ2n) is 1.86. The van der Waals surface area contributed by atoms with E-state index >= 15 is 0 Å². The molecule has 0 amide bonds. The lowest BCUT2D eigenvalue weighted by molar-refractivity contribution is -0.137. The van der Waals surface area contributed by atoms with E-state index in [4.69, 9.17) is 5.11 Å². The van der Waals surface area contributed by atoms with Crippen molar-refractivity contribution in [2.24, 2.45) is 0 Å². The maximum atomic E-state index is 10.1. The highest BCUT2D eigenvalue weighted by Gasteiger charge is 2.01. The van der Waals surface area contributed by atoms with E-state index < -0.39 is 5.97 Å². The van der Waals surface area contributed by atoms with Gasteiger partial charge < -0.3 is 15.3 Å². The second-order valence-corrected chi connectivity index (χ2v) is 1.86. The Morgan fingerprint density at radius 3 is 2.60 bits per heavy atom. The van der Waals surface area contributed by atoms with Crippen LogP contribution in [0.2, 0.25) is 0 Å². The molecule has 0 aromatic heterocycles. The molecule has 4 nitrogen and oxygen atoms in total. The van der Waals surface area contributed by atoms with Crippen LogP contribution in [0.3, 0.4) is 0 Å². The Morgan fingerprint density at radius 1 is 1.50 bits per heavy atom. The van der Waals surface area contributed by atoms with Crippen molar-refractivity contribution in [3.8, 4) is 0 Å². The third-order valence-electron chi connectivity index (χ3n) is 1.04. The molecule has 0 saturated heterocycles. The van der Waals surface area contributed by atoms with Crippen LogP contribution in [0.4, 0.5) is 0 Å². The molecule has 54 valence electrons. The van der Waals surface area contributed by atoms with Crippen LogP contribution in [0.15, 0.2) is 24.8 Å². The predicted octanol–water partition coefficient (Wildman–Crippen LogP) is -0.0814. The molecule has 1 aliphatic rings. The number of nitrogens with one attached hydrogen (secondary N) is 1. The minimum absolute atomic E-state index is 0.00861. The highest BCUT2D eigenvalue weighted by atomic mass is 16.4. The van der Waals surface area contributed by atoms with Crippen molar-refractivity contribution in [1.82, 2.24) is 10.2 Å². The van der Waals surface area contributed by atoms with E-state index in [1.165, 1.54) is 0 Å². The fraction of sp³-hybridized carbons (Fsp3) is 0.167. The number of hydrogen-bond acceptors (Lipinski definition) is 3. The average Bonchev–Trinajstić information content (AvgIpc) is 1.88. The number of aliphatic carboxylic acids is 1. The topological polar surface area (TPSA) is 52.6 Å². The summed E-state index contributed by atoms with van der Waals surface area (Å²) < 4.78 is 0. The molecule has 0 bridgehead atoms. The average molecular weight is 140 g/mol. The Labute approximate surface area is 58.4 Å². The zero-order chi connectivity index (χ0) is 7.40. The summed E-state index contributed by atoms with van der Waals surface area (Å²) in [6.07, 6.45) is 6.66. The van der Waals surface area contributed by atoms with Crippen LogP contribution in [0.5, 0.6) is 0 Å². The molecular formula is C6H8N2O2. The molecule has 0 fully saturated rings. The minimum atomic E-state index is -0.837. The fourth-order valence-electron chi connectivity index (χ4n) is 0.644. The summed E-state index contributed by atoms with van der Waals surface area (Å²) in [7, 11) is 0. The Kier molecular flexibility index (Phi) is 1.94. The molecule has 0 aliphatic carbocycles. The highest BCUT2D eigenvalue weighted by molar-refractivity contribution is 5.69. The van der Waals surface area contributed by atoms with Crippen molar-refractivity contribution in [3.05, 3.63) is 24.8 Å². The van der Waals surface area contributed by atoms with Gasteiger partial charge in [0.1, 0.15) is 6.54 Å². The van der Waals surface area contributed by atoms with Crippen LogP contribution < -0.4 is 5.32 Å². The van der Waals surface area contributed by atoms with Gasteiger partial charge in [-0.1, -0.05) is 0 Å². The normalized spacial score (nSPS) is 15.0. The van der Waals surface area contributed by atoms with E-state index in [1.807, 2.05) is 0 Å². The van der Waals surface area contributed by atoms with Crippen molar-refractivity contribution >= 4 is 5.97 Å². The lowest BCUT2D eigenvalue weighted by atomic mass is 10.5. The molecule has 0 spiro atoms. The Hall–Kier alpha value is -1.45. The SMILES string of the molecule is O=C(O)CN1C=CNC=C1. The smallest absolute Gasteiger partial charge is 0.323 e. The standard InChI is InChI=1S/C6H8N2O2/c9-6(10)5-8-3-1-7-2-4-8/h1-4,7H,5H2,(H,9,10). The Balaban J connectivity index is 2.40. The maximum absolute atomic E-state index is 10.1. The van der Waals surface area contributed by atoms with Gasteiger partial charge in [0, 0.05) is 24.8 Å². The molecule has 0 radical (unpaired) electrons. The monoisotopic (exact) mass is 140 g/mol. The van der Waals surface area contributed by atoms with E-state index in [9.17, 15) is 4.79 Å². The van der Waals surface area contributed by atoms with Crippen LogP contribution in [-0.4, -0.2) is 22.5 Å². The zero-order valence-corrected chi connectivity index (χ0v) is 5.32. The third kappa shape index (κ3) is 1.81. The summed E-state index contributed by atoms with van der Waals surface area (Å²) in [5.41, 5.74) is 0. The fourth-order valence-corrected chi connectivity index (χ4v) is 0.644. The number of carbonyl (C=O) groups is 1. The Morgan fingerprint density at radius 2 is 2.10 bits per heavy atom. The minimum Gasteiger partial charge on any atom is -0.480 e. The summed E-state index contributed by atoms with van der Waals surface area (Å²) in [6.45, 7) is 0.00861. The van der Waals surface area contributed by atoms with Gasteiger partial charge in [-0.3, -0.25) is 4.79 Å². The second kappa shape index (κ2) is 2.91. The van der Waals surface area contributed by atoms with Gasteiger partial charge in [0.05, 0.1) is 0 Å². The van der Waals surface area contributed by atoms with Crippen LogP contribution in [0.25, 0.3) is 0 Å². The van der Waals surface area contributed by atoms with Crippen molar-refractivity contribution in [3.63, 3.8) is 0 Å². The molecular weight excluding hydrogens is 132 g/mol. The summed E-state index contributed by atoms with van der Waals surface area (Å²) in [6, 6.07) is 0. The van der Waals surface area contributed by atoms with Gasteiger partial charge >= 0.3 is 5.97 Å². The first kappa shape index (κ1) is 6.67. The number of nitrogens with zero attached hydrogens (tertiary/aromatic N) is 1. The summed E-state index contributed by atoms with van der Waals surface area (Å²) in [5, 5.41) is 11.1. The molecule has 1 aliphatic heterocycles. The first-order valence-corrected chi connectivity index (χ1v) is 2.86. The van der Waals surface area contributed by atoms with Crippen molar-refractivity contribution in [2.75, 3.05) is 6.54 Å². The maximum Gasteiger partial charge on any atom is 0.323 e. The molecule has 10 heavy (non-hydrogen) atoms. The number of rotatable bonds is 2. The lowest BCUT2D eigenvalue weighted by Crippen LogP contribution is -2.22. The van der Waals surface area contributed by atoms with E-state index in [2.05, 4.69) is 5.32 Å². The lowest BCUT2D eigenvalue weighted by Gasteiger charge is -2.14. The van der Waals surface area contributed by atoms with Gasteiger partial charge in [0.25, 0.3) is 0 Å². The van der Waals surface area contributed by atoms with E-state index in [-0.39, 0.29) is 6.54 Å². The highest BCUT2D eigenvalue weighted by Crippen LogP contribution is 1.93. The van der Waals surface area contributed by atoms with E-state index in [0.717, 1.165) is 0 Å². The van der Waals surface area contributed by atoms with Gasteiger partial charge in [0.2, 0.25) is 0 Å². The summed E-state index contributed by atoms with van der Waals surface area (Å²) >= 11 is 0. The van der Waals surface area contributed by atoms with Gasteiger partial charge in [-0.15, -0.1) is 0 Å². The first-order chi connectivity index (χ1) is 4.79. The third-order valence-corrected chi connectivity index (χ3v) is 1.04. The van der Waals surface area contributed by atoms with Gasteiger partial charge in [-0.25, -0.2) is 0 Å². The van der Waals surface area contributed by atoms with Crippen molar-refractivity contribution in [1.29, 1.82) is 0 Å². The first-order valence-electron chi connectivity index (χ1n) is 2.86. The van der Waals surface area contributed by atoms with Gasteiger partial charge in [-0.05, 0) is 0 Å². The number of carboxylic acids is 1. The van der Waals surface area contributed by atoms with Crippen LogP contribution in [0, 0.1) is 0 Å². The molecule has 0 unspecified atom stereocenters. The van der Waals surface area contributed by atoms with Gasteiger partial charge in [0.15, 0.2) is 0 Å². The number of carboxylic acid groups (broad SMARTS) is 1. The molecule has 4 heteroatoms. The molecule has 0 atom stereocenters. The molecule has 0 saturated carbocycles. The van der Waals surface area contributed by atoms with Gasteiger partial charge in [-0.2, -0.15) is 0 Å².